The maximum Gasteiger partial charge on any atom is 0.0503 e. The van der Waals surface area contributed by atoms with E-state index in [1.807, 2.05) is 25.1 Å². The van der Waals surface area contributed by atoms with Gasteiger partial charge in [-0.2, -0.15) is 0 Å². The number of rotatable bonds is 2. The number of allylic oxidation sites excluding steroid dienone is 1. The Morgan fingerprint density at radius 2 is 2.21 bits per heavy atom. The summed E-state index contributed by atoms with van der Waals surface area (Å²) in [7, 11) is 0. The molecule has 0 saturated carbocycles. The Bertz CT molecular complexity index is 480. The van der Waals surface area contributed by atoms with E-state index in [1.54, 1.807) is 0 Å². The molecule has 2 aromatic rings. The smallest absolute Gasteiger partial charge is 0.0503 e. The van der Waals surface area contributed by atoms with E-state index >= 15 is 0 Å². The first-order chi connectivity index (χ1) is 6.66. The van der Waals surface area contributed by atoms with Gasteiger partial charge in [-0.3, -0.25) is 0 Å². The molecule has 0 amide bonds. The van der Waals surface area contributed by atoms with Crippen LogP contribution in [0.3, 0.4) is 0 Å². The lowest BCUT2D eigenvalue weighted by atomic mass is 10.2. The molecule has 14 heavy (non-hydrogen) atoms. The van der Waals surface area contributed by atoms with Crippen LogP contribution in [0.1, 0.15) is 6.92 Å². The topological polar surface area (TPSA) is 30.9 Å². The predicted octanol–water partition coefficient (Wildman–Crippen LogP) is 2.80. The predicted molar refractivity (Wildman–Crippen MR) is 61.2 cm³/mol. The molecule has 2 heteroatoms. The monoisotopic (exact) mass is 186 g/mol. The van der Waals surface area contributed by atoms with Gasteiger partial charge in [0.2, 0.25) is 0 Å². The molecule has 1 aromatic carbocycles. The van der Waals surface area contributed by atoms with Crippen LogP contribution >= 0.6 is 0 Å². The van der Waals surface area contributed by atoms with Crippen LogP contribution in [0.5, 0.6) is 0 Å². The van der Waals surface area contributed by atoms with Gasteiger partial charge in [-0.1, -0.05) is 18.2 Å². The van der Waals surface area contributed by atoms with Crippen molar-refractivity contribution in [2.75, 3.05) is 5.73 Å². The highest BCUT2D eigenvalue weighted by atomic mass is 14.9. The van der Waals surface area contributed by atoms with E-state index in [4.69, 9.17) is 5.73 Å². The third kappa shape index (κ3) is 1.51. The Hall–Kier alpha value is -1.70. The van der Waals surface area contributed by atoms with E-state index < -0.39 is 0 Å². The fourth-order valence-electron chi connectivity index (χ4n) is 1.63. The van der Waals surface area contributed by atoms with Gasteiger partial charge >= 0.3 is 0 Å². The van der Waals surface area contributed by atoms with Gasteiger partial charge in [0.1, 0.15) is 0 Å². The van der Waals surface area contributed by atoms with Crippen molar-refractivity contribution in [3.8, 4) is 0 Å². The highest BCUT2D eigenvalue weighted by Crippen LogP contribution is 2.19. The number of nitrogens with two attached hydrogens (primary N) is 1. The molecule has 0 radical (unpaired) electrons. The lowest BCUT2D eigenvalue weighted by molar-refractivity contribution is 0.822. The number of nitrogen functional groups attached to an aromatic ring is 1. The van der Waals surface area contributed by atoms with Crippen LogP contribution in [-0.2, 0) is 6.54 Å². The maximum absolute atomic E-state index is 5.75. The van der Waals surface area contributed by atoms with Gasteiger partial charge in [-0.25, -0.2) is 0 Å². The molecule has 1 heterocycles. The third-order valence-electron chi connectivity index (χ3n) is 2.24. The SMILES string of the molecule is C=C(C)Cn1ccc2ccc(N)cc21. The van der Waals surface area contributed by atoms with Crippen LogP contribution in [-0.4, -0.2) is 4.57 Å². The molecule has 2 nitrogen and oxygen atoms in total. The minimum Gasteiger partial charge on any atom is -0.399 e. The third-order valence-corrected chi connectivity index (χ3v) is 2.24. The number of benzene rings is 1. The van der Waals surface area contributed by atoms with E-state index in [9.17, 15) is 0 Å². The number of fused-ring (bicyclic) bond motifs is 1. The first kappa shape index (κ1) is 8.88. The summed E-state index contributed by atoms with van der Waals surface area (Å²) in [5, 5.41) is 1.22. The second-order valence-corrected chi connectivity index (χ2v) is 3.72. The summed E-state index contributed by atoms with van der Waals surface area (Å²) in [6.45, 7) is 6.79. The zero-order valence-corrected chi connectivity index (χ0v) is 8.33. The summed E-state index contributed by atoms with van der Waals surface area (Å²) in [5.41, 5.74) is 8.87. The highest BCUT2D eigenvalue weighted by molar-refractivity contribution is 5.83. The molecule has 0 aliphatic rings. The van der Waals surface area contributed by atoms with E-state index in [0.717, 1.165) is 17.8 Å². The number of hydrogen-bond acceptors (Lipinski definition) is 1. The number of nitrogens with zero attached hydrogens (tertiary/aromatic N) is 1. The summed E-state index contributed by atoms with van der Waals surface area (Å²) in [5.74, 6) is 0. The van der Waals surface area contributed by atoms with Crippen molar-refractivity contribution in [1.29, 1.82) is 0 Å². The fraction of sp³-hybridized carbons (Fsp3) is 0.167. The van der Waals surface area contributed by atoms with Crippen molar-refractivity contribution in [2.24, 2.45) is 0 Å². The first-order valence-electron chi connectivity index (χ1n) is 4.65. The van der Waals surface area contributed by atoms with Crippen molar-refractivity contribution in [3.05, 3.63) is 42.6 Å². The lowest BCUT2D eigenvalue weighted by Gasteiger charge is -2.04. The Kier molecular flexibility index (Phi) is 2.04. The average Bonchev–Trinajstić information content (AvgIpc) is 2.47. The van der Waals surface area contributed by atoms with Gasteiger partial charge in [0.15, 0.2) is 0 Å². The minimum atomic E-state index is 0.805. The molecular formula is C12H14N2. The van der Waals surface area contributed by atoms with Crippen molar-refractivity contribution in [2.45, 2.75) is 13.5 Å². The van der Waals surface area contributed by atoms with E-state index in [0.29, 0.717) is 0 Å². The van der Waals surface area contributed by atoms with Gasteiger partial charge in [0.05, 0.1) is 5.52 Å². The van der Waals surface area contributed by atoms with Crippen LogP contribution in [0.15, 0.2) is 42.6 Å². The molecule has 0 saturated heterocycles. The molecule has 1 aromatic heterocycles. The molecular weight excluding hydrogens is 172 g/mol. The second kappa shape index (κ2) is 3.22. The van der Waals surface area contributed by atoms with Gasteiger partial charge in [-0.15, -0.1) is 0 Å². The number of hydrogen-bond donors (Lipinski definition) is 1. The van der Waals surface area contributed by atoms with Crippen LogP contribution in [0.4, 0.5) is 5.69 Å². The van der Waals surface area contributed by atoms with Crippen LogP contribution < -0.4 is 5.73 Å². The molecule has 0 bridgehead atoms. The highest BCUT2D eigenvalue weighted by Gasteiger charge is 2.00. The van der Waals surface area contributed by atoms with Crippen LogP contribution in [0.25, 0.3) is 10.9 Å². The molecule has 0 atom stereocenters. The maximum atomic E-state index is 5.75. The van der Waals surface area contributed by atoms with Crippen molar-refractivity contribution in [1.82, 2.24) is 4.57 Å². The van der Waals surface area contributed by atoms with E-state index in [2.05, 4.69) is 23.4 Å². The number of anilines is 1. The van der Waals surface area contributed by atoms with Gasteiger partial charge in [-0.05, 0) is 30.5 Å². The Labute approximate surface area is 83.6 Å². The zero-order chi connectivity index (χ0) is 10.1. The summed E-state index contributed by atoms with van der Waals surface area (Å²) >= 11 is 0. The molecule has 0 aliphatic carbocycles. The quantitative estimate of drug-likeness (QED) is 0.567. The van der Waals surface area contributed by atoms with Crippen molar-refractivity contribution < 1.29 is 0 Å². The normalized spacial score (nSPS) is 10.6. The minimum absolute atomic E-state index is 0.805. The summed E-state index contributed by atoms with van der Waals surface area (Å²) < 4.78 is 2.16. The second-order valence-electron chi connectivity index (χ2n) is 3.72. The van der Waals surface area contributed by atoms with Crippen molar-refractivity contribution >= 4 is 16.6 Å². The Morgan fingerprint density at radius 3 is 2.93 bits per heavy atom. The van der Waals surface area contributed by atoms with Gasteiger partial charge < -0.3 is 10.3 Å². The number of aromatic nitrogens is 1. The molecule has 0 unspecified atom stereocenters. The largest absolute Gasteiger partial charge is 0.399 e. The van der Waals surface area contributed by atoms with Crippen molar-refractivity contribution in [3.63, 3.8) is 0 Å². The summed E-state index contributed by atoms with van der Waals surface area (Å²) in [6.07, 6.45) is 2.07. The molecule has 2 N–H and O–H groups in total. The van der Waals surface area contributed by atoms with Crippen LogP contribution in [0, 0.1) is 0 Å². The summed E-state index contributed by atoms with van der Waals surface area (Å²) in [6, 6.07) is 8.06. The van der Waals surface area contributed by atoms with Gasteiger partial charge in [0, 0.05) is 18.4 Å². The first-order valence-corrected chi connectivity index (χ1v) is 4.65. The molecule has 2 rings (SSSR count). The van der Waals surface area contributed by atoms with Gasteiger partial charge in [0.25, 0.3) is 0 Å². The Morgan fingerprint density at radius 1 is 1.43 bits per heavy atom. The Balaban J connectivity index is 2.55. The lowest BCUT2D eigenvalue weighted by Crippen LogP contribution is -1.96. The van der Waals surface area contributed by atoms with E-state index in [-0.39, 0.29) is 0 Å². The fourth-order valence-corrected chi connectivity index (χ4v) is 1.63. The molecule has 0 spiro atoms. The molecule has 0 fully saturated rings. The van der Waals surface area contributed by atoms with E-state index in [1.165, 1.54) is 10.9 Å². The summed E-state index contributed by atoms with van der Waals surface area (Å²) in [4.78, 5) is 0. The van der Waals surface area contributed by atoms with Crippen LogP contribution in [0.2, 0.25) is 0 Å². The standard InChI is InChI=1S/C12H14N2/c1-9(2)8-14-6-5-10-3-4-11(13)7-12(10)14/h3-7H,1,8,13H2,2H3. The zero-order valence-electron chi connectivity index (χ0n) is 8.33. The molecule has 0 aliphatic heterocycles. The molecule has 72 valence electrons. The average molecular weight is 186 g/mol.